The monoisotopic (exact) mass is 232 g/mol. The molecule has 0 aliphatic rings. The van der Waals surface area contributed by atoms with Crippen LogP contribution in [-0.4, -0.2) is 65.6 Å². The van der Waals surface area contributed by atoms with E-state index in [0.717, 1.165) is 32.7 Å². The summed E-state index contributed by atoms with van der Waals surface area (Å²) < 4.78 is 10.3. The van der Waals surface area contributed by atoms with Crippen molar-refractivity contribution < 1.29 is 9.47 Å². The first-order valence-corrected chi connectivity index (χ1v) is 6.10. The highest BCUT2D eigenvalue weighted by atomic mass is 16.5. The van der Waals surface area contributed by atoms with Crippen LogP contribution in [-0.2, 0) is 9.47 Å². The van der Waals surface area contributed by atoms with Crippen LogP contribution in [0.15, 0.2) is 0 Å². The van der Waals surface area contributed by atoms with Crippen molar-refractivity contribution in [2.45, 2.75) is 13.3 Å². The van der Waals surface area contributed by atoms with E-state index in [1.807, 2.05) is 7.05 Å². The van der Waals surface area contributed by atoms with Gasteiger partial charge < -0.3 is 19.7 Å². The number of ether oxygens (including phenoxy) is 2. The Kier molecular flexibility index (Phi) is 11.2. The Morgan fingerprint density at radius 3 is 2.62 bits per heavy atom. The third-order valence-corrected chi connectivity index (χ3v) is 2.44. The Bertz CT molecular complexity index is 145. The zero-order valence-electron chi connectivity index (χ0n) is 11.3. The van der Waals surface area contributed by atoms with Crippen LogP contribution in [0, 0.1) is 5.92 Å². The lowest BCUT2D eigenvalue weighted by molar-refractivity contribution is 0.0658. The van der Waals surface area contributed by atoms with Gasteiger partial charge in [0.1, 0.15) is 0 Å². The van der Waals surface area contributed by atoms with Gasteiger partial charge in [0.25, 0.3) is 0 Å². The quantitative estimate of drug-likeness (QED) is 0.535. The highest BCUT2D eigenvalue weighted by molar-refractivity contribution is 4.60. The van der Waals surface area contributed by atoms with Crippen molar-refractivity contribution in [2.24, 2.45) is 5.92 Å². The van der Waals surface area contributed by atoms with Crippen molar-refractivity contribution in [3.05, 3.63) is 0 Å². The van der Waals surface area contributed by atoms with E-state index in [1.165, 1.54) is 0 Å². The fraction of sp³-hybridized carbons (Fsp3) is 1.00. The molecule has 0 aromatic carbocycles. The van der Waals surface area contributed by atoms with Gasteiger partial charge in [0.2, 0.25) is 0 Å². The molecular formula is C12H28N2O2. The van der Waals surface area contributed by atoms with Gasteiger partial charge in [-0.05, 0) is 33.0 Å². The van der Waals surface area contributed by atoms with Gasteiger partial charge in [-0.3, -0.25) is 0 Å². The summed E-state index contributed by atoms with van der Waals surface area (Å²) in [6.45, 7) is 7.80. The molecule has 98 valence electrons. The third kappa shape index (κ3) is 10.4. The van der Waals surface area contributed by atoms with Crippen LogP contribution in [0.25, 0.3) is 0 Å². The average molecular weight is 232 g/mol. The molecule has 4 heteroatoms. The molecule has 0 aliphatic carbocycles. The largest absolute Gasteiger partial charge is 0.382 e. The number of rotatable bonds is 11. The molecule has 0 heterocycles. The van der Waals surface area contributed by atoms with E-state index in [4.69, 9.17) is 9.47 Å². The van der Waals surface area contributed by atoms with E-state index in [1.54, 1.807) is 7.11 Å². The van der Waals surface area contributed by atoms with Crippen LogP contribution in [0.2, 0.25) is 0 Å². The summed E-state index contributed by atoms with van der Waals surface area (Å²) in [5, 5.41) is 3.20. The lowest BCUT2D eigenvalue weighted by Crippen LogP contribution is -2.30. The normalized spacial score (nSPS) is 13.3. The van der Waals surface area contributed by atoms with Crippen molar-refractivity contribution in [3.63, 3.8) is 0 Å². The molecule has 0 aromatic rings. The summed E-state index contributed by atoms with van der Waals surface area (Å²) >= 11 is 0. The molecule has 0 fully saturated rings. The number of hydrogen-bond donors (Lipinski definition) is 1. The summed E-state index contributed by atoms with van der Waals surface area (Å²) in [6, 6.07) is 0. The predicted octanol–water partition coefficient (Wildman–Crippen LogP) is 0.827. The molecule has 1 atom stereocenters. The molecule has 0 bridgehead atoms. The molecule has 1 N–H and O–H groups in total. The van der Waals surface area contributed by atoms with E-state index in [0.29, 0.717) is 19.1 Å². The Morgan fingerprint density at radius 2 is 2.00 bits per heavy atom. The molecule has 0 aromatic heterocycles. The van der Waals surface area contributed by atoms with Gasteiger partial charge in [0.15, 0.2) is 0 Å². The van der Waals surface area contributed by atoms with Gasteiger partial charge in [-0.2, -0.15) is 0 Å². The fourth-order valence-electron chi connectivity index (χ4n) is 1.72. The molecular weight excluding hydrogens is 204 g/mol. The van der Waals surface area contributed by atoms with Gasteiger partial charge in [0, 0.05) is 26.8 Å². The summed E-state index contributed by atoms with van der Waals surface area (Å²) in [4.78, 5) is 2.36. The second kappa shape index (κ2) is 11.3. The van der Waals surface area contributed by atoms with E-state index in [2.05, 4.69) is 24.2 Å². The van der Waals surface area contributed by atoms with E-state index in [9.17, 15) is 0 Å². The van der Waals surface area contributed by atoms with E-state index >= 15 is 0 Å². The zero-order chi connectivity index (χ0) is 12.2. The molecule has 0 aliphatic heterocycles. The summed E-state index contributed by atoms with van der Waals surface area (Å²) in [5.74, 6) is 0.699. The first-order chi connectivity index (χ1) is 7.70. The lowest BCUT2D eigenvalue weighted by Gasteiger charge is -2.20. The number of nitrogens with zero attached hydrogens (tertiary/aromatic N) is 1. The predicted molar refractivity (Wildman–Crippen MR) is 67.9 cm³/mol. The maximum absolute atomic E-state index is 5.41. The van der Waals surface area contributed by atoms with Gasteiger partial charge in [-0.25, -0.2) is 0 Å². The second-order valence-corrected chi connectivity index (χ2v) is 4.38. The highest BCUT2D eigenvalue weighted by Gasteiger charge is 2.04. The van der Waals surface area contributed by atoms with Gasteiger partial charge in [0.05, 0.1) is 13.2 Å². The summed E-state index contributed by atoms with van der Waals surface area (Å²) in [6.07, 6.45) is 1.09. The zero-order valence-corrected chi connectivity index (χ0v) is 11.3. The van der Waals surface area contributed by atoms with Crippen LogP contribution in [0.1, 0.15) is 13.3 Å². The molecule has 0 saturated carbocycles. The highest BCUT2D eigenvalue weighted by Crippen LogP contribution is 1.97. The average Bonchev–Trinajstić information content (AvgIpc) is 2.23. The summed E-state index contributed by atoms with van der Waals surface area (Å²) in [5.41, 5.74) is 0. The standard InChI is InChI=1S/C12H28N2O2/c1-12(10-13-2)11-14(3)6-5-7-16-9-8-15-4/h12-13H,5-11H2,1-4H3. The van der Waals surface area contributed by atoms with Gasteiger partial charge in [-0.15, -0.1) is 0 Å². The fourth-order valence-corrected chi connectivity index (χ4v) is 1.72. The minimum atomic E-state index is 0.690. The minimum absolute atomic E-state index is 0.690. The summed E-state index contributed by atoms with van der Waals surface area (Å²) in [7, 11) is 5.86. The van der Waals surface area contributed by atoms with Crippen LogP contribution in [0.5, 0.6) is 0 Å². The number of hydrogen-bond acceptors (Lipinski definition) is 4. The van der Waals surface area contributed by atoms with Gasteiger partial charge >= 0.3 is 0 Å². The van der Waals surface area contributed by atoms with Gasteiger partial charge in [-0.1, -0.05) is 6.92 Å². The second-order valence-electron chi connectivity index (χ2n) is 4.38. The van der Waals surface area contributed by atoms with Crippen molar-refractivity contribution in [2.75, 3.05) is 60.7 Å². The van der Waals surface area contributed by atoms with Crippen molar-refractivity contribution in [1.29, 1.82) is 0 Å². The Balaban J connectivity index is 3.26. The van der Waals surface area contributed by atoms with Crippen LogP contribution < -0.4 is 5.32 Å². The van der Waals surface area contributed by atoms with E-state index in [-0.39, 0.29) is 0 Å². The minimum Gasteiger partial charge on any atom is -0.382 e. The smallest absolute Gasteiger partial charge is 0.0700 e. The van der Waals surface area contributed by atoms with E-state index < -0.39 is 0 Å². The maximum atomic E-state index is 5.41. The topological polar surface area (TPSA) is 33.7 Å². The van der Waals surface area contributed by atoms with Crippen LogP contribution in [0.3, 0.4) is 0 Å². The third-order valence-electron chi connectivity index (χ3n) is 2.44. The molecule has 16 heavy (non-hydrogen) atoms. The molecule has 0 amide bonds. The molecule has 0 saturated heterocycles. The van der Waals surface area contributed by atoms with Crippen LogP contribution >= 0.6 is 0 Å². The number of nitrogens with one attached hydrogen (secondary N) is 1. The van der Waals surface area contributed by atoms with Crippen molar-refractivity contribution in [3.8, 4) is 0 Å². The Hall–Kier alpha value is -0.160. The molecule has 0 spiro atoms. The number of methoxy groups -OCH3 is 1. The molecule has 0 rings (SSSR count). The van der Waals surface area contributed by atoms with Crippen molar-refractivity contribution >= 4 is 0 Å². The molecule has 4 nitrogen and oxygen atoms in total. The molecule has 0 radical (unpaired) electrons. The lowest BCUT2D eigenvalue weighted by atomic mass is 10.1. The van der Waals surface area contributed by atoms with Crippen LogP contribution in [0.4, 0.5) is 0 Å². The van der Waals surface area contributed by atoms with Crippen molar-refractivity contribution in [1.82, 2.24) is 10.2 Å². The Labute approximate surface area is 100 Å². The SMILES string of the molecule is CNCC(C)CN(C)CCCOCCOC. The first-order valence-electron chi connectivity index (χ1n) is 6.10. The first kappa shape index (κ1) is 15.8. The Morgan fingerprint density at radius 1 is 1.25 bits per heavy atom. The molecule has 1 unspecified atom stereocenters. The maximum Gasteiger partial charge on any atom is 0.0700 e.